The molecule has 2 nitrogen and oxygen atoms in total. The van der Waals surface area contributed by atoms with Gasteiger partial charge in [0.25, 0.3) is 0 Å². The minimum Gasteiger partial charge on any atom is -0.491 e. The molecule has 0 N–H and O–H groups in total. The number of allylic oxidation sites excluding steroid dienone is 1. The fourth-order valence-electron chi connectivity index (χ4n) is 1.47. The molecule has 0 radical (unpaired) electrons. The van der Waals surface area contributed by atoms with Crippen LogP contribution >= 0.6 is 0 Å². The van der Waals surface area contributed by atoms with Crippen molar-refractivity contribution in [2.24, 2.45) is 5.92 Å². The second-order valence-electron chi connectivity index (χ2n) is 4.53. The topological polar surface area (TPSA) is 18.5 Å². The van der Waals surface area contributed by atoms with Gasteiger partial charge >= 0.3 is 0 Å². The van der Waals surface area contributed by atoms with Crippen molar-refractivity contribution in [3.63, 3.8) is 0 Å². The van der Waals surface area contributed by atoms with Gasteiger partial charge in [-0.2, -0.15) is 8.78 Å². The monoisotopic (exact) mass is 270 g/mol. The van der Waals surface area contributed by atoms with Crippen molar-refractivity contribution in [3.05, 3.63) is 35.9 Å². The maximum absolute atomic E-state index is 13.6. The molecule has 0 unspecified atom stereocenters. The molecular formula is C15H20F2O2. The Morgan fingerprint density at radius 1 is 1.05 bits per heavy atom. The van der Waals surface area contributed by atoms with E-state index in [4.69, 9.17) is 9.47 Å². The van der Waals surface area contributed by atoms with E-state index in [-0.39, 0.29) is 24.7 Å². The average molecular weight is 270 g/mol. The molecule has 0 bridgehead atoms. The number of hydrogen-bond acceptors (Lipinski definition) is 2. The lowest BCUT2D eigenvalue weighted by Gasteiger charge is -2.09. The number of rotatable bonds is 7. The van der Waals surface area contributed by atoms with E-state index in [2.05, 4.69) is 13.8 Å². The summed E-state index contributed by atoms with van der Waals surface area (Å²) in [5.74, 6) is -1.65. The van der Waals surface area contributed by atoms with Crippen LogP contribution in [0, 0.1) is 17.6 Å². The Labute approximate surface area is 113 Å². The number of ether oxygens (including phenoxy) is 2. The first-order valence-electron chi connectivity index (χ1n) is 6.44. The Morgan fingerprint density at radius 3 is 2.16 bits per heavy atom. The third-order valence-electron chi connectivity index (χ3n) is 2.42. The maximum Gasteiger partial charge on any atom is 0.204 e. The zero-order valence-corrected chi connectivity index (χ0v) is 11.6. The molecule has 0 aliphatic carbocycles. The quantitative estimate of drug-likeness (QED) is 0.686. The van der Waals surface area contributed by atoms with Gasteiger partial charge in [-0.05, 0) is 31.4 Å². The van der Waals surface area contributed by atoms with Crippen LogP contribution in [0.3, 0.4) is 0 Å². The van der Waals surface area contributed by atoms with Crippen molar-refractivity contribution in [1.29, 1.82) is 0 Å². The Balaban J connectivity index is 2.60. The van der Waals surface area contributed by atoms with E-state index in [1.165, 1.54) is 12.1 Å². The van der Waals surface area contributed by atoms with Crippen molar-refractivity contribution in [3.8, 4) is 11.5 Å². The molecule has 4 heteroatoms. The Morgan fingerprint density at radius 2 is 1.63 bits per heavy atom. The van der Waals surface area contributed by atoms with E-state index in [0.717, 1.165) is 6.42 Å². The van der Waals surface area contributed by atoms with Gasteiger partial charge in [-0.25, -0.2) is 0 Å². The summed E-state index contributed by atoms with van der Waals surface area (Å²) in [7, 11) is 0. The van der Waals surface area contributed by atoms with E-state index >= 15 is 0 Å². The second kappa shape index (κ2) is 7.77. The lowest BCUT2D eigenvalue weighted by molar-refractivity contribution is 0.298. The standard InChI is InChI=1S/C15H20F2O2/c1-4-18-12-8-9-13(15(17)14(12)16)19-10-6-5-7-11(2)3/h5-6,8-9,11H,4,7,10H2,1-3H3/b6-5+. The minimum absolute atomic E-state index is 0.0947. The third kappa shape index (κ3) is 4.89. The van der Waals surface area contributed by atoms with Gasteiger partial charge in [0.15, 0.2) is 11.5 Å². The highest BCUT2D eigenvalue weighted by atomic mass is 19.2. The average Bonchev–Trinajstić information content (AvgIpc) is 2.37. The zero-order valence-electron chi connectivity index (χ0n) is 11.6. The Kier molecular flexibility index (Phi) is 6.33. The molecule has 0 aliphatic heterocycles. The lowest BCUT2D eigenvalue weighted by Crippen LogP contribution is -2.01. The molecule has 0 saturated heterocycles. The largest absolute Gasteiger partial charge is 0.491 e. The highest BCUT2D eigenvalue weighted by Crippen LogP contribution is 2.27. The van der Waals surface area contributed by atoms with E-state index in [1.807, 2.05) is 6.08 Å². The molecule has 0 aliphatic rings. The van der Waals surface area contributed by atoms with Gasteiger partial charge in [0.2, 0.25) is 11.6 Å². The molecule has 106 valence electrons. The fourth-order valence-corrected chi connectivity index (χ4v) is 1.47. The Bertz CT molecular complexity index is 428. The van der Waals surface area contributed by atoms with Gasteiger partial charge in [0, 0.05) is 0 Å². The van der Waals surface area contributed by atoms with Crippen molar-refractivity contribution < 1.29 is 18.3 Å². The highest BCUT2D eigenvalue weighted by molar-refractivity contribution is 5.35. The van der Waals surface area contributed by atoms with Crippen molar-refractivity contribution >= 4 is 0 Å². The SMILES string of the molecule is CCOc1ccc(OC/C=C/CC(C)C)c(F)c1F. The van der Waals surface area contributed by atoms with Crippen LogP contribution in [0.5, 0.6) is 11.5 Å². The van der Waals surface area contributed by atoms with Crippen LogP contribution in [-0.2, 0) is 0 Å². The molecule has 1 rings (SSSR count). The predicted molar refractivity (Wildman–Crippen MR) is 71.6 cm³/mol. The van der Waals surface area contributed by atoms with Crippen LogP contribution in [0.15, 0.2) is 24.3 Å². The first kappa shape index (κ1) is 15.5. The van der Waals surface area contributed by atoms with Crippen LogP contribution in [0.4, 0.5) is 8.78 Å². The summed E-state index contributed by atoms with van der Waals surface area (Å²) in [5, 5.41) is 0. The van der Waals surface area contributed by atoms with Crippen LogP contribution in [0.2, 0.25) is 0 Å². The third-order valence-corrected chi connectivity index (χ3v) is 2.42. The van der Waals surface area contributed by atoms with Gasteiger partial charge in [-0.15, -0.1) is 0 Å². The van der Waals surface area contributed by atoms with Crippen molar-refractivity contribution in [2.75, 3.05) is 13.2 Å². The molecule has 0 spiro atoms. The molecule has 0 fully saturated rings. The van der Waals surface area contributed by atoms with Gasteiger partial charge in [0.05, 0.1) is 6.61 Å². The summed E-state index contributed by atoms with van der Waals surface area (Å²) in [6.45, 7) is 6.42. The second-order valence-corrected chi connectivity index (χ2v) is 4.53. The van der Waals surface area contributed by atoms with Crippen LogP contribution in [-0.4, -0.2) is 13.2 Å². The molecule has 0 heterocycles. The Hall–Kier alpha value is -1.58. The summed E-state index contributed by atoms with van der Waals surface area (Å²) in [6.07, 6.45) is 4.70. The highest BCUT2D eigenvalue weighted by Gasteiger charge is 2.14. The van der Waals surface area contributed by atoms with Crippen molar-refractivity contribution in [2.45, 2.75) is 27.2 Å². The molecule has 0 aromatic heterocycles. The summed E-state index contributed by atoms with van der Waals surface area (Å²) < 4.78 is 37.3. The molecular weight excluding hydrogens is 250 g/mol. The normalized spacial score (nSPS) is 11.3. The minimum atomic E-state index is -1.01. The van der Waals surface area contributed by atoms with Crippen LogP contribution in [0.25, 0.3) is 0 Å². The van der Waals surface area contributed by atoms with Gasteiger partial charge in [-0.1, -0.05) is 26.0 Å². The van der Waals surface area contributed by atoms with E-state index in [1.54, 1.807) is 13.0 Å². The van der Waals surface area contributed by atoms with Gasteiger partial charge < -0.3 is 9.47 Å². The lowest BCUT2D eigenvalue weighted by atomic mass is 10.1. The molecule has 0 amide bonds. The van der Waals surface area contributed by atoms with E-state index in [9.17, 15) is 8.78 Å². The molecule has 0 atom stereocenters. The first-order chi connectivity index (χ1) is 9.06. The smallest absolute Gasteiger partial charge is 0.204 e. The summed E-state index contributed by atoms with van der Waals surface area (Å²) in [4.78, 5) is 0. The number of halogens is 2. The summed E-state index contributed by atoms with van der Waals surface area (Å²) >= 11 is 0. The predicted octanol–water partition coefficient (Wildman–Crippen LogP) is 4.34. The maximum atomic E-state index is 13.6. The number of hydrogen-bond donors (Lipinski definition) is 0. The van der Waals surface area contributed by atoms with Crippen LogP contribution in [0.1, 0.15) is 27.2 Å². The zero-order chi connectivity index (χ0) is 14.3. The van der Waals surface area contributed by atoms with Gasteiger partial charge in [0.1, 0.15) is 6.61 Å². The summed E-state index contributed by atoms with van der Waals surface area (Å²) in [6, 6.07) is 2.74. The first-order valence-corrected chi connectivity index (χ1v) is 6.44. The number of benzene rings is 1. The van der Waals surface area contributed by atoms with E-state index in [0.29, 0.717) is 5.92 Å². The summed E-state index contributed by atoms with van der Waals surface area (Å²) in [5.41, 5.74) is 0. The molecule has 1 aromatic carbocycles. The fraction of sp³-hybridized carbons (Fsp3) is 0.467. The van der Waals surface area contributed by atoms with Crippen LogP contribution < -0.4 is 9.47 Å². The van der Waals surface area contributed by atoms with E-state index < -0.39 is 11.6 Å². The molecule has 19 heavy (non-hydrogen) atoms. The molecule has 1 aromatic rings. The molecule has 0 saturated carbocycles. The van der Waals surface area contributed by atoms with Gasteiger partial charge in [-0.3, -0.25) is 0 Å². The van der Waals surface area contributed by atoms with Crippen molar-refractivity contribution in [1.82, 2.24) is 0 Å².